The number of hydrogen-bond donors (Lipinski definition) is 2. The maximum Gasteiger partial charge on any atom is 0.191 e. The van der Waals surface area contributed by atoms with Crippen LogP contribution in [-0.4, -0.2) is 55.4 Å². The largest absolute Gasteiger partial charge is 0.496 e. The summed E-state index contributed by atoms with van der Waals surface area (Å²) in [6.07, 6.45) is 1.79. The zero-order valence-electron chi connectivity index (χ0n) is 16.1. The Labute approximate surface area is 172 Å². The SMILES string of the molecule is CN=C(NCc1ccnn1C)NCC(c1ccccc1OC)N(C)C.I. The van der Waals surface area contributed by atoms with Gasteiger partial charge in [-0.3, -0.25) is 9.67 Å². The molecule has 1 aromatic carbocycles. The van der Waals surface area contributed by atoms with Crippen LogP contribution in [0.15, 0.2) is 41.5 Å². The highest BCUT2D eigenvalue weighted by Gasteiger charge is 2.18. The van der Waals surface area contributed by atoms with Gasteiger partial charge in [0.15, 0.2) is 5.96 Å². The number of methoxy groups -OCH3 is 1. The van der Waals surface area contributed by atoms with Gasteiger partial charge in [0.2, 0.25) is 0 Å². The number of aromatic nitrogens is 2. The summed E-state index contributed by atoms with van der Waals surface area (Å²) in [6.45, 7) is 1.37. The maximum absolute atomic E-state index is 5.51. The van der Waals surface area contributed by atoms with Gasteiger partial charge in [0.25, 0.3) is 0 Å². The highest BCUT2D eigenvalue weighted by Crippen LogP contribution is 2.27. The summed E-state index contributed by atoms with van der Waals surface area (Å²) in [5.41, 5.74) is 2.24. The van der Waals surface area contributed by atoms with Crippen molar-refractivity contribution in [3.8, 4) is 5.75 Å². The fraction of sp³-hybridized carbons (Fsp3) is 0.444. The lowest BCUT2D eigenvalue weighted by atomic mass is 10.0. The monoisotopic (exact) mass is 472 g/mol. The first-order valence-corrected chi connectivity index (χ1v) is 8.27. The summed E-state index contributed by atoms with van der Waals surface area (Å²) in [6, 6.07) is 10.2. The highest BCUT2D eigenvalue weighted by atomic mass is 127. The van der Waals surface area contributed by atoms with Crippen LogP contribution < -0.4 is 15.4 Å². The van der Waals surface area contributed by atoms with Crippen LogP contribution in [0, 0.1) is 0 Å². The fourth-order valence-corrected chi connectivity index (χ4v) is 2.68. The number of hydrogen-bond acceptors (Lipinski definition) is 4. The van der Waals surface area contributed by atoms with E-state index in [0.717, 1.165) is 23.0 Å². The van der Waals surface area contributed by atoms with E-state index in [-0.39, 0.29) is 30.0 Å². The number of rotatable bonds is 7. The number of nitrogens with one attached hydrogen (secondary N) is 2. The zero-order valence-corrected chi connectivity index (χ0v) is 18.4. The van der Waals surface area contributed by atoms with Gasteiger partial charge in [0, 0.05) is 32.4 Å². The van der Waals surface area contributed by atoms with Crippen molar-refractivity contribution in [2.45, 2.75) is 12.6 Å². The van der Waals surface area contributed by atoms with Crippen LogP contribution in [0.4, 0.5) is 0 Å². The van der Waals surface area contributed by atoms with E-state index in [4.69, 9.17) is 4.74 Å². The third-order valence-corrected chi connectivity index (χ3v) is 4.17. The molecule has 0 aliphatic carbocycles. The summed E-state index contributed by atoms with van der Waals surface area (Å²) in [7, 11) is 9.52. The summed E-state index contributed by atoms with van der Waals surface area (Å²) in [5.74, 6) is 1.64. The number of likely N-dealkylation sites (N-methyl/N-ethyl adjacent to an activating group) is 1. The minimum Gasteiger partial charge on any atom is -0.496 e. The number of aryl methyl sites for hydroxylation is 1. The molecule has 0 aliphatic rings. The van der Waals surface area contributed by atoms with E-state index in [1.165, 1.54) is 0 Å². The Bertz CT molecular complexity index is 700. The normalized spacial score (nSPS) is 12.5. The van der Waals surface area contributed by atoms with Gasteiger partial charge >= 0.3 is 0 Å². The molecule has 7 nitrogen and oxygen atoms in total. The Kier molecular flexibility index (Phi) is 9.42. The van der Waals surface area contributed by atoms with E-state index in [9.17, 15) is 0 Å². The van der Waals surface area contributed by atoms with Crippen LogP contribution in [0.2, 0.25) is 0 Å². The second-order valence-corrected chi connectivity index (χ2v) is 5.97. The maximum atomic E-state index is 5.51. The molecule has 0 fully saturated rings. The number of para-hydroxylation sites is 1. The lowest BCUT2D eigenvalue weighted by molar-refractivity contribution is 0.287. The first-order valence-electron chi connectivity index (χ1n) is 8.27. The smallest absolute Gasteiger partial charge is 0.191 e. The number of nitrogens with zero attached hydrogens (tertiary/aromatic N) is 4. The molecule has 0 bridgehead atoms. The number of ether oxygens (including phenoxy) is 1. The summed E-state index contributed by atoms with van der Waals surface area (Å²) in [5, 5.41) is 10.9. The van der Waals surface area contributed by atoms with Crippen LogP contribution in [0.3, 0.4) is 0 Å². The summed E-state index contributed by atoms with van der Waals surface area (Å²) >= 11 is 0. The van der Waals surface area contributed by atoms with Gasteiger partial charge in [-0.2, -0.15) is 5.10 Å². The van der Waals surface area contributed by atoms with Gasteiger partial charge in [-0.05, 0) is 26.2 Å². The second kappa shape index (κ2) is 11.0. The topological polar surface area (TPSA) is 66.7 Å². The molecule has 2 rings (SSSR count). The molecule has 0 spiro atoms. The molecule has 0 saturated carbocycles. The highest BCUT2D eigenvalue weighted by molar-refractivity contribution is 14.0. The quantitative estimate of drug-likeness (QED) is 0.367. The average Bonchev–Trinajstić information content (AvgIpc) is 3.03. The Morgan fingerprint density at radius 1 is 1.27 bits per heavy atom. The Morgan fingerprint density at radius 3 is 2.58 bits per heavy atom. The van der Waals surface area contributed by atoms with E-state index in [1.54, 1.807) is 20.4 Å². The number of halogens is 1. The molecule has 1 aromatic heterocycles. The third-order valence-electron chi connectivity index (χ3n) is 4.17. The third kappa shape index (κ3) is 5.87. The van der Waals surface area contributed by atoms with Crippen LogP contribution in [-0.2, 0) is 13.6 Å². The van der Waals surface area contributed by atoms with Crippen LogP contribution in [0.5, 0.6) is 5.75 Å². The van der Waals surface area contributed by atoms with Crippen molar-refractivity contribution in [2.24, 2.45) is 12.0 Å². The van der Waals surface area contributed by atoms with Gasteiger partial charge in [-0.15, -0.1) is 24.0 Å². The van der Waals surface area contributed by atoms with Crippen molar-refractivity contribution in [3.63, 3.8) is 0 Å². The predicted molar refractivity (Wildman–Crippen MR) is 116 cm³/mol. The minimum absolute atomic E-state index is 0. The number of benzene rings is 1. The lowest BCUT2D eigenvalue weighted by Gasteiger charge is -2.27. The molecule has 0 aliphatic heterocycles. The van der Waals surface area contributed by atoms with E-state index < -0.39 is 0 Å². The second-order valence-electron chi connectivity index (χ2n) is 5.97. The Morgan fingerprint density at radius 2 is 2.00 bits per heavy atom. The van der Waals surface area contributed by atoms with Crippen LogP contribution >= 0.6 is 24.0 Å². The first kappa shape index (κ1) is 22.2. The zero-order chi connectivity index (χ0) is 18.2. The molecule has 1 heterocycles. The molecule has 0 saturated heterocycles. The molecule has 144 valence electrons. The van der Waals surface area contributed by atoms with Crippen molar-refractivity contribution in [1.29, 1.82) is 0 Å². The van der Waals surface area contributed by atoms with E-state index >= 15 is 0 Å². The fourth-order valence-electron chi connectivity index (χ4n) is 2.68. The number of aliphatic imine (C=N–C) groups is 1. The molecular weight excluding hydrogens is 443 g/mol. The van der Waals surface area contributed by atoms with E-state index in [0.29, 0.717) is 13.1 Å². The van der Waals surface area contributed by atoms with Gasteiger partial charge in [0.1, 0.15) is 5.75 Å². The number of guanidine groups is 1. The molecular formula is C18H29IN6O. The standard InChI is InChI=1S/C18H28N6O.HI/c1-19-18(20-12-14-10-11-22-24(14)4)21-13-16(23(2)3)15-8-6-7-9-17(15)25-5;/h6-11,16H,12-13H2,1-5H3,(H2,19,20,21);1H. The lowest BCUT2D eigenvalue weighted by Crippen LogP contribution is -2.41. The molecule has 8 heteroatoms. The molecule has 2 N–H and O–H groups in total. The van der Waals surface area contributed by atoms with Gasteiger partial charge in [0.05, 0.1) is 25.4 Å². The van der Waals surface area contributed by atoms with Crippen molar-refractivity contribution in [2.75, 3.05) is 34.8 Å². The van der Waals surface area contributed by atoms with E-state index in [1.807, 2.05) is 36.0 Å². The minimum atomic E-state index is 0. The molecule has 0 amide bonds. The van der Waals surface area contributed by atoms with Crippen molar-refractivity contribution < 1.29 is 4.74 Å². The van der Waals surface area contributed by atoms with Crippen molar-refractivity contribution >= 4 is 29.9 Å². The predicted octanol–water partition coefficient (Wildman–Crippen LogP) is 2.01. The van der Waals surface area contributed by atoms with Crippen molar-refractivity contribution in [3.05, 3.63) is 47.8 Å². The van der Waals surface area contributed by atoms with Crippen LogP contribution in [0.25, 0.3) is 0 Å². The summed E-state index contributed by atoms with van der Waals surface area (Å²) < 4.78 is 7.35. The molecule has 1 unspecified atom stereocenters. The van der Waals surface area contributed by atoms with Crippen LogP contribution in [0.1, 0.15) is 17.3 Å². The van der Waals surface area contributed by atoms with Gasteiger partial charge in [-0.25, -0.2) is 0 Å². The van der Waals surface area contributed by atoms with Gasteiger partial charge in [-0.1, -0.05) is 18.2 Å². The van der Waals surface area contributed by atoms with Crippen molar-refractivity contribution in [1.82, 2.24) is 25.3 Å². The molecule has 0 radical (unpaired) electrons. The molecule has 26 heavy (non-hydrogen) atoms. The average molecular weight is 472 g/mol. The Hall–Kier alpha value is -1.81. The molecule has 2 aromatic rings. The van der Waals surface area contributed by atoms with Gasteiger partial charge < -0.3 is 20.3 Å². The Balaban J connectivity index is 0.00000338. The molecule has 1 atom stereocenters. The first-order chi connectivity index (χ1) is 12.1. The van der Waals surface area contributed by atoms with E-state index in [2.05, 4.69) is 45.8 Å². The summed E-state index contributed by atoms with van der Waals surface area (Å²) in [4.78, 5) is 6.47.